The van der Waals surface area contributed by atoms with Crippen LogP contribution in [-0.2, 0) is 16.2 Å². The van der Waals surface area contributed by atoms with Gasteiger partial charge in [0.25, 0.3) is 5.91 Å². The number of carbonyl (C=O) groups excluding carboxylic acids is 1. The molecule has 5 nitrogen and oxygen atoms in total. The van der Waals surface area contributed by atoms with Crippen molar-refractivity contribution >= 4 is 11.6 Å². The summed E-state index contributed by atoms with van der Waals surface area (Å²) in [7, 11) is 0. The molecule has 1 fully saturated rings. The van der Waals surface area contributed by atoms with Gasteiger partial charge in [-0.15, -0.1) is 0 Å². The van der Waals surface area contributed by atoms with Gasteiger partial charge in [-0.1, -0.05) is 17.3 Å². The lowest BCUT2D eigenvalue weighted by Gasteiger charge is -2.18. The van der Waals surface area contributed by atoms with Crippen molar-refractivity contribution in [3.05, 3.63) is 35.6 Å². The molecule has 1 aromatic rings. The van der Waals surface area contributed by atoms with E-state index in [9.17, 15) is 9.18 Å². The lowest BCUT2D eigenvalue weighted by Crippen LogP contribution is -2.36. The number of benzene rings is 1. The molecule has 1 spiro atoms. The maximum absolute atomic E-state index is 12.8. The van der Waals surface area contributed by atoms with Gasteiger partial charge < -0.3 is 15.5 Å². The van der Waals surface area contributed by atoms with Gasteiger partial charge in [0.1, 0.15) is 11.5 Å². The van der Waals surface area contributed by atoms with E-state index in [1.807, 2.05) is 0 Å². The molecule has 1 aromatic carbocycles. The monoisotopic (exact) mass is 277 g/mol. The first-order valence-corrected chi connectivity index (χ1v) is 6.65. The van der Waals surface area contributed by atoms with Crippen molar-refractivity contribution in [1.29, 1.82) is 0 Å². The van der Waals surface area contributed by atoms with E-state index >= 15 is 0 Å². The van der Waals surface area contributed by atoms with Gasteiger partial charge in [-0.3, -0.25) is 4.79 Å². The Labute approximate surface area is 116 Å². The molecule has 0 bridgehead atoms. The quantitative estimate of drug-likeness (QED) is 0.864. The van der Waals surface area contributed by atoms with Crippen molar-refractivity contribution in [3.63, 3.8) is 0 Å². The van der Waals surface area contributed by atoms with Crippen molar-refractivity contribution in [1.82, 2.24) is 10.6 Å². The Bertz CT molecular complexity index is 536. The van der Waals surface area contributed by atoms with Crippen molar-refractivity contribution < 1.29 is 14.0 Å². The van der Waals surface area contributed by atoms with Crippen LogP contribution in [-0.4, -0.2) is 30.3 Å². The second-order valence-electron chi connectivity index (χ2n) is 5.22. The molecular formula is C14H16FN3O2. The molecule has 3 rings (SSSR count). The van der Waals surface area contributed by atoms with E-state index in [-0.39, 0.29) is 17.3 Å². The molecule has 20 heavy (non-hydrogen) atoms. The topological polar surface area (TPSA) is 62.7 Å². The Hall–Kier alpha value is -1.95. The summed E-state index contributed by atoms with van der Waals surface area (Å²) in [5, 5.41) is 9.89. The van der Waals surface area contributed by atoms with Crippen LogP contribution < -0.4 is 10.6 Å². The zero-order chi connectivity index (χ0) is 14.0. The van der Waals surface area contributed by atoms with Crippen LogP contribution in [0, 0.1) is 5.82 Å². The summed E-state index contributed by atoms with van der Waals surface area (Å²) in [6.07, 6.45) is 1.40. The van der Waals surface area contributed by atoms with E-state index in [0.717, 1.165) is 25.1 Å². The molecule has 0 saturated carbocycles. The molecule has 2 N–H and O–H groups in total. The van der Waals surface area contributed by atoms with E-state index in [1.165, 1.54) is 12.1 Å². The average molecular weight is 277 g/mol. The van der Waals surface area contributed by atoms with E-state index in [2.05, 4.69) is 15.8 Å². The maximum atomic E-state index is 12.8. The van der Waals surface area contributed by atoms with Gasteiger partial charge in [-0.2, -0.15) is 0 Å². The third kappa shape index (κ3) is 2.65. The lowest BCUT2D eigenvalue weighted by molar-refractivity contribution is -0.115. The molecule has 0 radical (unpaired) electrons. The SMILES string of the molecule is O=C(NCc1ccc(F)cc1)C1=NO[C@]2(CCNC2)C1. The second kappa shape index (κ2) is 5.20. The summed E-state index contributed by atoms with van der Waals surface area (Å²) in [6, 6.07) is 6.03. The molecule has 1 atom stereocenters. The maximum Gasteiger partial charge on any atom is 0.269 e. The predicted molar refractivity (Wildman–Crippen MR) is 71.6 cm³/mol. The van der Waals surface area contributed by atoms with Gasteiger partial charge in [0.05, 0.1) is 0 Å². The number of nitrogens with one attached hydrogen (secondary N) is 2. The highest BCUT2D eigenvalue weighted by atomic mass is 19.1. The largest absolute Gasteiger partial charge is 0.387 e. The van der Waals surface area contributed by atoms with Gasteiger partial charge in [-0.05, 0) is 24.2 Å². The van der Waals surface area contributed by atoms with Gasteiger partial charge >= 0.3 is 0 Å². The third-order valence-corrected chi connectivity index (χ3v) is 3.67. The molecule has 2 aliphatic rings. The number of rotatable bonds is 3. The highest BCUT2D eigenvalue weighted by molar-refractivity contribution is 6.39. The van der Waals surface area contributed by atoms with Crippen LogP contribution in [0.5, 0.6) is 0 Å². The van der Waals surface area contributed by atoms with Crippen LogP contribution in [0.25, 0.3) is 0 Å². The van der Waals surface area contributed by atoms with Crippen LogP contribution >= 0.6 is 0 Å². The van der Waals surface area contributed by atoms with Crippen molar-refractivity contribution in [2.75, 3.05) is 13.1 Å². The molecule has 0 aromatic heterocycles. The lowest BCUT2D eigenvalue weighted by atomic mass is 9.96. The van der Waals surface area contributed by atoms with E-state index in [4.69, 9.17) is 4.84 Å². The minimum atomic E-state index is -0.331. The molecule has 2 heterocycles. The Kier molecular flexibility index (Phi) is 3.40. The number of amides is 1. The number of halogens is 1. The number of oxime groups is 1. The van der Waals surface area contributed by atoms with Crippen LogP contribution in [0.3, 0.4) is 0 Å². The van der Waals surface area contributed by atoms with E-state index in [0.29, 0.717) is 18.7 Å². The molecule has 1 saturated heterocycles. The fraction of sp³-hybridized carbons (Fsp3) is 0.429. The number of hydrogen-bond acceptors (Lipinski definition) is 4. The van der Waals surface area contributed by atoms with Crippen LogP contribution in [0.15, 0.2) is 29.4 Å². The minimum absolute atomic E-state index is 0.224. The Morgan fingerprint density at radius 1 is 1.45 bits per heavy atom. The summed E-state index contributed by atoms with van der Waals surface area (Å²) in [5.74, 6) is -0.512. The Morgan fingerprint density at radius 2 is 2.25 bits per heavy atom. The molecule has 106 valence electrons. The molecule has 2 aliphatic heterocycles. The van der Waals surface area contributed by atoms with Crippen molar-refractivity contribution in [3.8, 4) is 0 Å². The summed E-state index contributed by atoms with van der Waals surface area (Å²) in [5.41, 5.74) is 0.940. The smallest absolute Gasteiger partial charge is 0.269 e. The molecule has 0 unspecified atom stereocenters. The minimum Gasteiger partial charge on any atom is -0.387 e. The second-order valence-corrected chi connectivity index (χ2v) is 5.22. The number of carbonyl (C=O) groups is 1. The fourth-order valence-corrected chi connectivity index (χ4v) is 2.48. The molecule has 0 aliphatic carbocycles. The Morgan fingerprint density at radius 3 is 2.95 bits per heavy atom. The highest BCUT2D eigenvalue weighted by Crippen LogP contribution is 2.29. The van der Waals surface area contributed by atoms with Gasteiger partial charge in [0.2, 0.25) is 0 Å². The Balaban J connectivity index is 1.54. The fourth-order valence-electron chi connectivity index (χ4n) is 2.48. The van der Waals surface area contributed by atoms with Crippen molar-refractivity contribution in [2.24, 2.45) is 5.16 Å². The molecular weight excluding hydrogens is 261 g/mol. The van der Waals surface area contributed by atoms with E-state index in [1.54, 1.807) is 12.1 Å². The van der Waals surface area contributed by atoms with E-state index < -0.39 is 0 Å². The van der Waals surface area contributed by atoms with Crippen LogP contribution in [0.2, 0.25) is 0 Å². The standard InChI is InChI=1S/C14H16FN3O2/c15-11-3-1-10(2-4-11)8-17-13(19)12-7-14(20-18-12)5-6-16-9-14/h1-4,16H,5-9H2,(H,17,19)/t14-/m1/s1. The van der Waals surface area contributed by atoms with Gasteiger partial charge in [-0.25, -0.2) is 4.39 Å². The summed E-state index contributed by atoms with van der Waals surface area (Å²) in [6.45, 7) is 1.97. The first-order chi connectivity index (χ1) is 9.67. The van der Waals surface area contributed by atoms with Gasteiger partial charge in [0.15, 0.2) is 5.60 Å². The summed E-state index contributed by atoms with van der Waals surface area (Å²) in [4.78, 5) is 17.4. The summed E-state index contributed by atoms with van der Waals surface area (Å²) < 4.78 is 12.8. The molecule has 6 heteroatoms. The first kappa shape index (κ1) is 13.1. The third-order valence-electron chi connectivity index (χ3n) is 3.67. The van der Waals surface area contributed by atoms with Crippen LogP contribution in [0.4, 0.5) is 4.39 Å². The molecule has 1 amide bonds. The number of hydrogen-bond donors (Lipinski definition) is 2. The van der Waals surface area contributed by atoms with Crippen LogP contribution in [0.1, 0.15) is 18.4 Å². The zero-order valence-electron chi connectivity index (χ0n) is 11.0. The predicted octanol–water partition coefficient (Wildman–Crippen LogP) is 0.950. The van der Waals surface area contributed by atoms with Gasteiger partial charge in [0, 0.05) is 25.9 Å². The normalized spacial score (nSPS) is 24.6. The number of nitrogens with zero attached hydrogens (tertiary/aromatic N) is 1. The van der Waals surface area contributed by atoms with Crippen molar-refractivity contribution in [2.45, 2.75) is 25.0 Å². The average Bonchev–Trinajstić information content (AvgIpc) is 3.09. The summed E-state index contributed by atoms with van der Waals surface area (Å²) >= 11 is 0. The first-order valence-electron chi connectivity index (χ1n) is 6.65. The highest BCUT2D eigenvalue weighted by Gasteiger charge is 2.43. The zero-order valence-corrected chi connectivity index (χ0v) is 11.0.